The molecule has 2 atom stereocenters. The summed E-state index contributed by atoms with van der Waals surface area (Å²) in [5.74, 6) is 0. The van der Waals surface area contributed by atoms with Crippen molar-refractivity contribution in [2.45, 2.75) is 65.5 Å². The number of para-hydroxylation sites is 1. The fourth-order valence-corrected chi connectivity index (χ4v) is 2.75. The Bertz CT molecular complexity index is 354. The Balaban J connectivity index is 2.96. The molecule has 2 unspecified atom stereocenters. The van der Waals surface area contributed by atoms with Crippen molar-refractivity contribution in [2.24, 2.45) is 0 Å². The van der Waals surface area contributed by atoms with Crippen LogP contribution < -0.4 is 10.2 Å². The molecule has 0 aromatic heterocycles. The lowest BCUT2D eigenvalue weighted by Gasteiger charge is -2.31. The first-order valence-corrected chi connectivity index (χ1v) is 8.20. The molecule has 0 bridgehead atoms. The van der Waals surface area contributed by atoms with E-state index < -0.39 is 0 Å². The summed E-state index contributed by atoms with van der Waals surface area (Å²) < 4.78 is 0. The minimum Gasteiger partial charge on any atom is -0.372 e. The Morgan fingerprint density at radius 1 is 1.10 bits per heavy atom. The molecule has 1 aromatic carbocycles. The Labute approximate surface area is 125 Å². The first kappa shape index (κ1) is 17.0. The molecular formula is C18H32N2. The van der Waals surface area contributed by atoms with Gasteiger partial charge < -0.3 is 10.2 Å². The van der Waals surface area contributed by atoms with Gasteiger partial charge in [0.25, 0.3) is 0 Å². The highest BCUT2D eigenvalue weighted by Gasteiger charge is 2.17. The van der Waals surface area contributed by atoms with Gasteiger partial charge in [0.05, 0.1) is 0 Å². The van der Waals surface area contributed by atoms with Gasteiger partial charge in [-0.25, -0.2) is 0 Å². The van der Waals surface area contributed by atoms with Crippen LogP contribution in [0.15, 0.2) is 24.3 Å². The van der Waals surface area contributed by atoms with Gasteiger partial charge in [-0.3, -0.25) is 0 Å². The summed E-state index contributed by atoms with van der Waals surface area (Å²) in [6.45, 7) is 10.1. The highest BCUT2D eigenvalue weighted by Crippen LogP contribution is 2.29. The lowest BCUT2D eigenvalue weighted by atomic mass is 10.00. The molecule has 0 radical (unpaired) electrons. The molecule has 0 amide bonds. The van der Waals surface area contributed by atoms with Gasteiger partial charge in [-0.05, 0) is 44.4 Å². The molecule has 114 valence electrons. The number of rotatable bonds is 9. The molecule has 0 aliphatic carbocycles. The zero-order valence-corrected chi connectivity index (χ0v) is 13.9. The molecule has 2 nitrogen and oxygen atoms in total. The Morgan fingerprint density at radius 2 is 1.80 bits per heavy atom. The van der Waals surface area contributed by atoms with Gasteiger partial charge in [0.2, 0.25) is 0 Å². The summed E-state index contributed by atoms with van der Waals surface area (Å²) in [5.41, 5.74) is 2.82. The highest BCUT2D eigenvalue weighted by molar-refractivity contribution is 5.55. The van der Waals surface area contributed by atoms with E-state index in [1.807, 2.05) is 0 Å². The number of nitrogens with zero attached hydrogens (tertiary/aromatic N) is 1. The van der Waals surface area contributed by atoms with E-state index in [1.54, 1.807) is 0 Å². The zero-order valence-electron chi connectivity index (χ0n) is 13.9. The first-order chi connectivity index (χ1) is 9.65. The summed E-state index contributed by atoms with van der Waals surface area (Å²) in [6, 6.07) is 9.90. The molecule has 0 aliphatic heterocycles. The van der Waals surface area contributed by atoms with E-state index in [2.05, 4.69) is 69.2 Å². The maximum Gasteiger partial charge on any atom is 0.0414 e. The Morgan fingerprint density at radius 3 is 2.40 bits per heavy atom. The van der Waals surface area contributed by atoms with Gasteiger partial charge in [0, 0.05) is 24.8 Å². The predicted octanol–water partition coefficient (Wildman–Crippen LogP) is 4.76. The summed E-state index contributed by atoms with van der Waals surface area (Å²) in [4.78, 5) is 2.44. The molecule has 1 N–H and O–H groups in total. The number of hydrogen-bond acceptors (Lipinski definition) is 2. The second-order valence-corrected chi connectivity index (χ2v) is 5.72. The van der Waals surface area contributed by atoms with Gasteiger partial charge in [-0.2, -0.15) is 0 Å². The van der Waals surface area contributed by atoms with Gasteiger partial charge in [0.15, 0.2) is 0 Å². The third-order valence-corrected chi connectivity index (χ3v) is 4.11. The van der Waals surface area contributed by atoms with Gasteiger partial charge in [0.1, 0.15) is 0 Å². The van der Waals surface area contributed by atoms with Gasteiger partial charge >= 0.3 is 0 Å². The third-order valence-electron chi connectivity index (χ3n) is 4.11. The Kier molecular flexibility index (Phi) is 7.68. The quantitative estimate of drug-likeness (QED) is 0.699. The maximum atomic E-state index is 3.67. The highest BCUT2D eigenvalue weighted by atomic mass is 15.1. The van der Waals surface area contributed by atoms with E-state index in [0.717, 1.165) is 13.0 Å². The van der Waals surface area contributed by atoms with Crippen molar-refractivity contribution in [1.29, 1.82) is 0 Å². The predicted molar refractivity (Wildman–Crippen MR) is 90.5 cm³/mol. The average molecular weight is 276 g/mol. The fourth-order valence-electron chi connectivity index (χ4n) is 2.75. The molecule has 0 fully saturated rings. The molecule has 1 aromatic rings. The van der Waals surface area contributed by atoms with Crippen LogP contribution in [0.25, 0.3) is 0 Å². The van der Waals surface area contributed by atoms with Crippen molar-refractivity contribution in [2.75, 3.05) is 18.5 Å². The summed E-state index contributed by atoms with van der Waals surface area (Å²) in [6.07, 6.45) is 4.79. The SMILES string of the molecule is CCCNC(CC)c1ccccc1N(C)C(C)CCC. The van der Waals surface area contributed by atoms with Crippen molar-refractivity contribution in [3.05, 3.63) is 29.8 Å². The van der Waals surface area contributed by atoms with Crippen molar-refractivity contribution in [3.8, 4) is 0 Å². The fraction of sp³-hybridized carbons (Fsp3) is 0.667. The van der Waals surface area contributed by atoms with E-state index in [0.29, 0.717) is 12.1 Å². The largest absolute Gasteiger partial charge is 0.372 e. The van der Waals surface area contributed by atoms with Crippen molar-refractivity contribution >= 4 is 5.69 Å². The topological polar surface area (TPSA) is 15.3 Å². The van der Waals surface area contributed by atoms with Crippen LogP contribution >= 0.6 is 0 Å². The monoisotopic (exact) mass is 276 g/mol. The molecule has 2 heteroatoms. The zero-order chi connectivity index (χ0) is 15.0. The van der Waals surface area contributed by atoms with Crippen molar-refractivity contribution < 1.29 is 0 Å². The van der Waals surface area contributed by atoms with Crippen LogP contribution in [0.5, 0.6) is 0 Å². The van der Waals surface area contributed by atoms with Crippen LogP contribution in [-0.2, 0) is 0 Å². The number of benzene rings is 1. The second-order valence-electron chi connectivity index (χ2n) is 5.72. The Hall–Kier alpha value is -1.02. The molecule has 0 spiro atoms. The van der Waals surface area contributed by atoms with Crippen LogP contribution in [0.3, 0.4) is 0 Å². The van der Waals surface area contributed by atoms with Crippen LogP contribution in [0.4, 0.5) is 5.69 Å². The number of hydrogen-bond donors (Lipinski definition) is 1. The van der Waals surface area contributed by atoms with Crippen molar-refractivity contribution in [3.63, 3.8) is 0 Å². The standard InChI is InChI=1S/C18H32N2/c1-6-11-15(4)20(5)18-13-10-9-12-16(18)17(8-3)19-14-7-2/h9-10,12-13,15,17,19H,6-8,11,14H2,1-5H3. The lowest BCUT2D eigenvalue weighted by Crippen LogP contribution is -2.31. The minimum absolute atomic E-state index is 0.461. The van der Waals surface area contributed by atoms with E-state index in [4.69, 9.17) is 0 Å². The van der Waals surface area contributed by atoms with E-state index in [9.17, 15) is 0 Å². The van der Waals surface area contributed by atoms with Crippen LogP contribution in [-0.4, -0.2) is 19.6 Å². The lowest BCUT2D eigenvalue weighted by molar-refractivity contribution is 0.515. The van der Waals surface area contributed by atoms with E-state index >= 15 is 0 Å². The minimum atomic E-state index is 0.461. The molecule has 20 heavy (non-hydrogen) atoms. The molecule has 1 rings (SSSR count). The van der Waals surface area contributed by atoms with Gasteiger partial charge in [-0.1, -0.05) is 45.4 Å². The van der Waals surface area contributed by atoms with E-state index in [-0.39, 0.29) is 0 Å². The summed E-state index contributed by atoms with van der Waals surface area (Å²) in [7, 11) is 2.23. The van der Waals surface area contributed by atoms with E-state index in [1.165, 1.54) is 30.5 Å². The normalized spacial score (nSPS) is 14.1. The summed E-state index contributed by atoms with van der Waals surface area (Å²) in [5, 5.41) is 3.67. The second kappa shape index (κ2) is 9.02. The smallest absolute Gasteiger partial charge is 0.0414 e. The maximum absolute atomic E-state index is 3.67. The first-order valence-electron chi connectivity index (χ1n) is 8.20. The van der Waals surface area contributed by atoms with Crippen molar-refractivity contribution in [1.82, 2.24) is 5.32 Å². The number of nitrogens with one attached hydrogen (secondary N) is 1. The molecule has 0 heterocycles. The molecular weight excluding hydrogens is 244 g/mol. The van der Waals surface area contributed by atoms with Crippen LogP contribution in [0.1, 0.15) is 65.0 Å². The van der Waals surface area contributed by atoms with Crippen LogP contribution in [0.2, 0.25) is 0 Å². The number of anilines is 1. The average Bonchev–Trinajstić information content (AvgIpc) is 2.48. The third kappa shape index (κ3) is 4.52. The molecule has 0 aliphatic rings. The van der Waals surface area contributed by atoms with Gasteiger partial charge in [-0.15, -0.1) is 0 Å². The molecule has 0 saturated carbocycles. The molecule has 0 saturated heterocycles. The summed E-state index contributed by atoms with van der Waals surface area (Å²) >= 11 is 0. The van der Waals surface area contributed by atoms with Crippen LogP contribution in [0, 0.1) is 0 Å².